The van der Waals surface area contributed by atoms with Crippen LogP contribution in [0.2, 0.25) is 5.15 Å². The van der Waals surface area contributed by atoms with Gasteiger partial charge in [0, 0.05) is 23.6 Å². The highest BCUT2D eigenvalue weighted by molar-refractivity contribution is 6.30. The maximum atomic E-state index is 9.77. The summed E-state index contributed by atoms with van der Waals surface area (Å²) in [6, 6.07) is 7.25. The second kappa shape index (κ2) is 5.29. The van der Waals surface area contributed by atoms with Gasteiger partial charge in [-0.1, -0.05) is 29.8 Å². The highest BCUT2D eigenvalue weighted by Gasteiger charge is 2.28. The van der Waals surface area contributed by atoms with Crippen molar-refractivity contribution >= 4 is 17.4 Å². The number of benzene rings is 1. The Bertz CT molecular complexity index is 641. The number of aromatic hydroxyl groups is 1. The lowest BCUT2D eigenvalue weighted by Crippen LogP contribution is -2.07. The maximum absolute atomic E-state index is 9.77. The highest BCUT2D eigenvalue weighted by Crippen LogP contribution is 2.39. The summed E-state index contributed by atoms with van der Waals surface area (Å²) < 4.78 is 0. The number of nitrogens with zero attached hydrogens (tertiary/aromatic N) is 2. The molecule has 0 atom stereocenters. The molecule has 1 aromatic carbocycles. The summed E-state index contributed by atoms with van der Waals surface area (Å²) in [7, 11) is 0. The molecule has 2 aromatic rings. The van der Waals surface area contributed by atoms with Gasteiger partial charge in [-0.25, -0.2) is 9.97 Å². The molecule has 5 heteroatoms. The van der Waals surface area contributed by atoms with Gasteiger partial charge in [-0.15, -0.1) is 0 Å². The number of hydrogen-bond donors (Lipinski definition) is 2. The molecule has 1 aliphatic rings. The lowest BCUT2D eigenvalue weighted by Gasteiger charge is -2.12. The fourth-order valence-electron chi connectivity index (χ4n) is 2.04. The van der Waals surface area contributed by atoms with Gasteiger partial charge in [-0.3, -0.25) is 0 Å². The zero-order valence-corrected chi connectivity index (χ0v) is 12.0. The van der Waals surface area contributed by atoms with E-state index in [9.17, 15) is 5.11 Å². The van der Waals surface area contributed by atoms with E-state index in [2.05, 4.69) is 15.3 Å². The third-order valence-electron chi connectivity index (χ3n) is 3.48. The van der Waals surface area contributed by atoms with Gasteiger partial charge in [0.25, 0.3) is 0 Å². The number of phenols is 1. The van der Waals surface area contributed by atoms with Crippen LogP contribution in [0.1, 0.15) is 35.7 Å². The Kier molecular flexibility index (Phi) is 3.49. The normalized spacial score (nSPS) is 14.3. The van der Waals surface area contributed by atoms with Crippen LogP contribution in [0.4, 0.5) is 5.82 Å². The van der Waals surface area contributed by atoms with Gasteiger partial charge in [0.1, 0.15) is 22.5 Å². The van der Waals surface area contributed by atoms with Crippen LogP contribution in [-0.4, -0.2) is 15.1 Å². The van der Waals surface area contributed by atoms with E-state index < -0.39 is 0 Å². The van der Waals surface area contributed by atoms with Crippen LogP contribution < -0.4 is 5.32 Å². The summed E-state index contributed by atoms with van der Waals surface area (Å²) in [5.41, 5.74) is 1.67. The maximum Gasteiger partial charge on any atom is 0.137 e. The van der Waals surface area contributed by atoms with E-state index in [-0.39, 0.29) is 5.75 Å². The summed E-state index contributed by atoms with van der Waals surface area (Å²) in [4.78, 5) is 8.88. The molecule has 20 heavy (non-hydrogen) atoms. The molecule has 0 unspecified atom stereocenters. The average molecular weight is 290 g/mol. The van der Waals surface area contributed by atoms with Crippen LogP contribution in [-0.2, 0) is 6.54 Å². The molecule has 0 saturated heterocycles. The molecule has 1 aliphatic carbocycles. The standard InChI is InChI=1S/C15H16ClN3O/c1-9-13(16)18-15(10-6-7-10)19-14(9)17-8-11-4-2-3-5-12(11)20/h2-5,10,20H,6-8H2,1H3,(H,17,18,19). The van der Waals surface area contributed by atoms with Crippen molar-refractivity contribution in [3.63, 3.8) is 0 Å². The predicted molar refractivity (Wildman–Crippen MR) is 79.2 cm³/mol. The largest absolute Gasteiger partial charge is 0.508 e. The van der Waals surface area contributed by atoms with E-state index >= 15 is 0 Å². The second-order valence-corrected chi connectivity index (χ2v) is 5.46. The monoisotopic (exact) mass is 289 g/mol. The number of nitrogens with one attached hydrogen (secondary N) is 1. The minimum Gasteiger partial charge on any atom is -0.508 e. The Morgan fingerprint density at radius 3 is 2.75 bits per heavy atom. The smallest absolute Gasteiger partial charge is 0.137 e. The van der Waals surface area contributed by atoms with E-state index in [1.54, 1.807) is 12.1 Å². The van der Waals surface area contributed by atoms with Gasteiger partial charge in [0.05, 0.1) is 0 Å². The van der Waals surface area contributed by atoms with Crippen molar-refractivity contribution in [2.45, 2.75) is 32.2 Å². The fourth-order valence-corrected chi connectivity index (χ4v) is 2.22. The lowest BCUT2D eigenvalue weighted by molar-refractivity contribution is 0.469. The van der Waals surface area contributed by atoms with Gasteiger partial charge in [0.2, 0.25) is 0 Å². The highest BCUT2D eigenvalue weighted by atomic mass is 35.5. The van der Waals surface area contributed by atoms with Crippen LogP contribution >= 0.6 is 11.6 Å². The molecular weight excluding hydrogens is 274 g/mol. The van der Waals surface area contributed by atoms with Gasteiger partial charge < -0.3 is 10.4 Å². The average Bonchev–Trinajstić information content (AvgIpc) is 3.26. The number of phenolic OH excluding ortho intramolecular Hbond substituents is 1. The van der Waals surface area contributed by atoms with E-state index in [4.69, 9.17) is 11.6 Å². The Balaban J connectivity index is 1.81. The molecule has 0 amide bonds. The molecule has 0 radical (unpaired) electrons. The van der Waals surface area contributed by atoms with Gasteiger partial charge in [-0.05, 0) is 25.8 Å². The summed E-state index contributed by atoms with van der Waals surface area (Å²) in [6.45, 7) is 2.40. The Labute approximate surface area is 122 Å². The minimum atomic E-state index is 0.278. The van der Waals surface area contributed by atoms with Gasteiger partial charge in [-0.2, -0.15) is 0 Å². The van der Waals surface area contributed by atoms with Crippen molar-refractivity contribution in [1.82, 2.24) is 9.97 Å². The number of para-hydroxylation sites is 1. The third kappa shape index (κ3) is 2.70. The molecule has 1 saturated carbocycles. The summed E-state index contributed by atoms with van der Waals surface area (Å²) in [6.07, 6.45) is 2.27. The van der Waals surface area contributed by atoms with Crippen molar-refractivity contribution in [1.29, 1.82) is 0 Å². The minimum absolute atomic E-state index is 0.278. The summed E-state index contributed by atoms with van der Waals surface area (Å²) >= 11 is 6.16. The summed E-state index contributed by atoms with van der Waals surface area (Å²) in [5, 5.41) is 13.5. The van der Waals surface area contributed by atoms with Crippen molar-refractivity contribution in [3.05, 3.63) is 46.4 Å². The molecule has 3 rings (SSSR count). The fraction of sp³-hybridized carbons (Fsp3) is 0.333. The Morgan fingerprint density at radius 2 is 2.05 bits per heavy atom. The number of hydrogen-bond acceptors (Lipinski definition) is 4. The first-order chi connectivity index (χ1) is 9.65. The van der Waals surface area contributed by atoms with Crippen molar-refractivity contribution < 1.29 is 5.11 Å². The molecule has 0 aliphatic heterocycles. The SMILES string of the molecule is Cc1c(Cl)nc(C2CC2)nc1NCc1ccccc1O. The van der Waals surface area contributed by atoms with Crippen LogP contribution in [0.15, 0.2) is 24.3 Å². The van der Waals surface area contributed by atoms with E-state index in [0.717, 1.165) is 35.6 Å². The van der Waals surface area contributed by atoms with Crippen LogP contribution in [0, 0.1) is 6.92 Å². The second-order valence-electron chi connectivity index (χ2n) is 5.10. The molecule has 1 aromatic heterocycles. The zero-order valence-electron chi connectivity index (χ0n) is 11.2. The number of halogens is 1. The van der Waals surface area contributed by atoms with Gasteiger partial charge >= 0.3 is 0 Å². The van der Waals surface area contributed by atoms with E-state index in [0.29, 0.717) is 17.6 Å². The third-order valence-corrected chi connectivity index (χ3v) is 3.85. The zero-order chi connectivity index (χ0) is 14.1. The van der Waals surface area contributed by atoms with Crippen molar-refractivity contribution in [2.24, 2.45) is 0 Å². The van der Waals surface area contributed by atoms with Crippen LogP contribution in [0.3, 0.4) is 0 Å². The Morgan fingerprint density at radius 1 is 1.30 bits per heavy atom. The molecule has 0 spiro atoms. The quantitative estimate of drug-likeness (QED) is 0.844. The molecule has 2 N–H and O–H groups in total. The first-order valence-corrected chi connectivity index (χ1v) is 7.07. The first kappa shape index (κ1) is 13.2. The predicted octanol–water partition coefficient (Wildman–Crippen LogP) is 3.63. The van der Waals surface area contributed by atoms with E-state index in [1.807, 2.05) is 19.1 Å². The number of anilines is 1. The topological polar surface area (TPSA) is 58.0 Å². The van der Waals surface area contributed by atoms with Gasteiger partial charge in [0.15, 0.2) is 0 Å². The van der Waals surface area contributed by atoms with E-state index in [1.165, 1.54) is 0 Å². The summed E-state index contributed by atoms with van der Waals surface area (Å²) in [5.74, 6) is 2.30. The first-order valence-electron chi connectivity index (χ1n) is 6.70. The molecule has 0 bridgehead atoms. The van der Waals surface area contributed by atoms with Crippen molar-refractivity contribution in [2.75, 3.05) is 5.32 Å². The van der Waals surface area contributed by atoms with Crippen LogP contribution in [0.5, 0.6) is 5.75 Å². The molecular formula is C15H16ClN3O. The van der Waals surface area contributed by atoms with Crippen molar-refractivity contribution in [3.8, 4) is 5.75 Å². The Hall–Kier alpha value is -1.81. The molecule has 1 fully saturated rings. The molecule has 4 nitrogen and oxygen atoms in total. The number of rotatable bonds is 4. The molecule has 1 heterocycles. The molecule has 104 valence electrons. The lowest BCUT2D eigenvalue weighted by atomic mass is 10.2. The number of aromatic nitrogens is 2. The van der Waals surface area contributed by atoms with Crippen LogP contribution in [0.25, 0.3) is 0 Å².